The fourth-order valence-corrected chi connectivity index (χ4v) is 3.50. The van der Waals surface area contributed by atoms with Gasteiger partial charge < -0.3 is 4.74 Å². The highest BCUT2D eigenvalue weighted by Crippen LogP contribution is 2.37. The minimum atomic E-state index is -4.28. The highest BCUT2D eigenvalue weighted by molar-refractivity contribution is 9.09. The molecule has 1 nitrogen and oxygen atoms in total. The number of rotatable bonds is 4. The molecular weight excluding hydrogens is 345 g/mol. The van der Waals surface area contributed by atoms with Crippen molar-refractivity contribution in [3.63, 3.8) is 0 Å². The van der Waals surface area contributed by atoms with Crippen LogP contribution in [-0.4, -0.2) is 19.4 Å². The molecule has 0 saturated carbocycles. The van der Waals surface area contributed by atoms with Crippen molar-refractivity contribution in [2.75, 3.05) is 13.2 Å². The molecule has 1 atom stereocenters. The van der Waals surface area contributed by atoms with Crippen LogP contribution in [0.2, 0.25) is 0 Å². The molecule has 0 radical (unpaired) electrons. The Balaban J connectivity index is 1.84. The largest absolute Gasteiger partial charge is 0.411 e. The predicted octanol–water partition coefficient (Wildman–Crippen LogP) is 4.95. The fourth-order valence-electron chi connectivity index (χ4n) is 2.91. The smallest absolute Gasteiger partial charge is 0.371 e. The molecule has 0 amide bonds. The second-order valence-electron chi connectivity index (χ2n) is 5.25. The van der Waals surface area contributed by atoms with Gasteiger partial charge in [0.1, 0.15) is 6.61 Å². The van der Waals surface area contributed by atoms with Gasteiger partial charge in [-0.25, -0.2) is 0 Å². The molecule has 0 spiro atoms. The maximum Gasteiger partial charge on any atom is 0.411 e. The average Bonchev–Trinajstić information content (AvgIpc) is 2.83. The monoisotopic (exact) mass is 358 g/mol. The Labute approximate surface area is 129 Å². The molecule has 1 aliphatic rings. The lowest BCUT2D eigenvalue weighted by atomic mass is 9.98. The van der Waals surface area contributed by atoms with Gasteiger partial charge in [0.15, 0.2) is 0 Å². The lowest BCUT2D eigenvalue weighted by molar-refractivity contribution is -0.173. The zero-order valence-electron chi connectivity index (χ0n) is 11.2. The van der Waals surface area contributed by atoms with E-state index in [1.54, 1.807) is 0 Å². The molecule has 2 aromatic rings. The molecule has 112 valence electrons. The number of alkyl halides is 4. The molecule has 0 aromatic heterocycles. The van der Waals surface area contributed by atoms with Gasteiger partial charge in [-0.1, -0.05) is 46.3 Å². The van der Waals surface area contributed by atoms with Crippen LogP contribution in [0.3, 0.4) is 0 Å². The number of ether oxygens (including phenoxy) is 1. The number of hydrogen-bond acceptors (Lipinski definition) is 1. The fraction of sp³-hybridized carbons (Fsp3) is 0.375. The Morgan fingerprint density at radius 3 is 2.52 bits per heavy atom. The van der Waals surface area contributed by atoms with Gasteiger partial charge in [-0.05, 0) is 40.3 Å². The van der Waals surface area contributed by atoms with Crippen molar-refractivity contribution in [3.8, 4) is 0 Å². The molecule has 0 aliphatic heterocycles. The minimum Gasteiger partial charge on any atom is -0.371 e. The van der Waals surface area contributed by atoms with E-state index in [0.29, 0.717) is 0 Å². The first-order chi connectivity index (χ1) is 9.96. The molecule has 1 aliphatic carbocycles. The van der Waals surface area contributed by atoms with E-state index in [2.05, 4.69) is 28.1 Å². The molecule has 1 unspecified atom stereocenters. The van der Waals surface area contributed by atoms with E-state index in [0.717, 1.165) is 23.8 Å². The topological polar surface area (TPSA) is 9.23 Å². The summed E-state index contributed by atoms with van der Waals surface area (Å²) in [6.07, 6.45) is -2.21. The SMILES string of the molecule is FC(F)(F)COCC(Br)c1ccc2c3c(cccc13)CC2. The van der Waals surface area contributed by atoms with Crippen LogP contribution in [0, 0.1) is 0 Å². The van der Waals surface area contributed by atoms with Crippen molar-refractivity contribution in [2.24, 2.45) is 0 Å². The van der Waals surface area contributed by atoms with Crippen LogP contribution >= 0.6 is 15.9 Å². The molecule has 0 N–H and O–H groups in total. The Hall–Kier alpha value is -1.07. The maximum atomic E-state index is 12.1. The average molecular weight is 359 g/mol. The highest BCUT2D eigenvalue weighted by Gasteiger charge is 2.28. The normalized spacial score (nSPS) is 15.6. The first-order valence-electron chi connectivity index (χ1n) is 6.77. The molecule has 0 bridgehead atoms. The number of aryl methyl sites for hydroxylation is 2. The lowest BCUT2D eigenvalue weighted by Gasteiger charge is -2.15. The lowest BCUT2D eigenvalue weighted by Crippen LogP contribution is -2.18. The maximum absolute atomic E-state index is 12.1. The summed E-state index contributed by atoms with van der Waals surface area (Å²) in [4.78, 5) is -0.246. The van der Waals surface area contributed by atoms with E-state index < -0.39 is 12.8 Å². The predicted molar refractivity (Wildman–Crippen MR) is 79.9 cm³/mol. The van der Waals surface area contributed by atoms with Crippen LogP contribution in [0.5, 0.6) is 0 Å². The first kappa shape index (κ1) is 14.9. The Morgan fingerprint density at radius 1 is 1.10 bits per heavy atom. The van der Waals surface area contributed by atoms with Gasteiger partial charge >= 0.3 is 6.18 Å². The molecule has 3 rings (SSSR count). The van der Waals surface area contributed by atoms with E-state index in [4.69, 9.17) is 4.74 Å². The highest BCUT2D eigenvalue weighted by atomic mass is 79.9. The van der Waals surface area contributed by atoms with E-state index in [1.165, 1.54) is 16.5 Å². The third-order valence-corrected chi connectivity index (χ3v) is 4.54. The molecular formula is C16H14BrF3O. The van der Waals surface area contributed by atoms with Crippen molar-refractivity contribution in [2.45, 2.75) is 23.8 Å². The van der Waals surface area contributed by atoms with Crippen LogP contribution < -0.4 is 0 Å². The van der Waals surface area contributed by atoms with Crippen molar-refractivity contribution < 1.29 is 17.9 Å². The minimum absolute atomic E-state index is 0.00180. The number of halogens is 4. The number of hydrogen-bond donors (Lipinski definition) is 0. The van der Waals surface area contributed by atoms with Crippen LogP contribution in [0.25, 0.3) is 10.8 Å². The van der Waals surface area contributed by atoms with E-state index in [-0.39, 0.29) is 11.4 Å². The van der Waals surface area contributed by atoms with Crippen LogP contribution in [0.1, 0.15) is 21.5 Å². The van der Waals surface area contributed by atoms with Crippen molar-refractivity contribution in [3.05, 3.63) is 47.0 Å². The summed E-state index contributed by atoms with van der Waals surface area (Å²) in [5, 5.41) is 2.37. The van der Waals surface area contributed by atoms with Crippen molar-refractivity contribution >= 4 is 26.7 Å². The molecule has 0 heterocycles. The van der Waals surface area contributed by atoms with Crippen molar-refractivity contribution in [1.82, 2.24) is 0 Å². The van der Waals surface area contributed by atoms with Crippen LogP contribution in [0.4, 0.5) is 13.2 Å². The summed E-state index contributed by atoms with van der Waals surface area (Å²) in [7, 11) is 0. The van der Waals surface area contributed by atoms with Gasteiger partial charge in [0.05, 0.1) is 11.4 Å². The molecule has 0 fully saturated rings. The third-order valence-electron chi connectivity index (χ3n) is 3.78. The quantitative estimate of drug-likeness (QED) is 0.702. The molecule has 21 heavy (non-hydrogen) atoms. The van der Waals surface area contributed by atoms with E-state index >= 15 is 0 Å². The molecule has 5 heteroatoms. The second kappa shape index (κ2) is 5.61. The first-order valence-corrected chi connectivity index (χ1v) is 7.69. The van der Waals surface area contributed by atoms with Gasteiger partial charge in [-0.3, -0.25) is 0 Å². The standard InChI is InChI=1S/C16H14BrF3O/c17-14(8-21-9-16(18,19)20)12-7-6-11-5-4-10-2-1-3-13(12)15(10)11/h1-3,6-7,14H,4-5,8-9H2. The van der Waals surface area contributed by atoms with Crippen molar-refractivity contribution in [1.29, 1.82) is 0 Å². The Morgan fingerprint density at radius 2 is 1.81 bits per heavy atom. The van der Waals surface area contributed by atoms with E-state index in [1.807, 2.05) is 18.2 Å². The Bertz CT molecular complexity index is 656. The van der Waals surface area contributed by atoms with Crippen LogP contribution in [-0.2, 0) is 17.6 Å². The number of benzene rings is 2. The van der Waals surface area contributed by atoms with Crippen LogP contribution in [0.15, 0.2) is 30.3 Å². The summed E-state index contributed by atoms with van der Waals surface area (Å²) in [6, 6.07) is 10.2. The van der Waals surface area contributed by atoms with Gasteiger partial charge in [-0.15, -0.1) is 0 Å². The zero-order valence-corrected chi connectivity index (χ0v) is 12.8. The summed E-state index contributed by atoms with van der Waals surface area (Å²) in [6.45, 7) is -1.21. The third kappa shape index (κ3) is 3.09. The summed E-state index contributed by atoms with van der Waals surface area (Å²) < 4.78 is 41.2. The summed E-state index contributed by atoms with van der Waals surface area (Å²) in [5.41, 5.74) is 3.63. The summed E-state index contributed by atoms with van der Waals surface area (Å²) >= 11 is 3.45. The molecule has 2 aromatic carbocycles. The van der Waals surface area contributed by atoms with Gasteiger partial charge in [0, 0.05) is 0 Å². The van der Waals surface area contributed by atoms with Gasteiger partial charge in [-0.2, -0.15) is 13.2 Å². The second-order valence-corrected chi connectivity index (χ2v) is 6.36. The molecule has 0 saturated heterocycles. The Kier molecular flexibility index (Phi) is 3.97. The van der Waals surface area contributed by atoms with Gasteiger partial charge in [0.25, 0.3) is 0 Å². The van der Waals surface area contributed by atoms with Gasteiger partial charge in [0.2, 0.25) is 0 Å². The summed E-state index contributed by atoms with van der Waals surface area (Å²) in [5.74, 6) is 0. The van der Waals surface area contributed by atoms with E-state index in [9.17, 15) is 13.2 Å². The zero-order chi connectivity index (χ0) is 15.0.